The molecule has 0 fully saturated rings. The van der Waals surface area contributed by atoms with Gasteiger partial charge < -0.3 is 5.32 Å². The summed E-state index contributed by atoms with van der Waals surface area (Å²) in [6.07, 6.45) is -9.94. The lowest BCUT2D eigenvalue weighted by Crippen LogP contribution is -2.23. The third kappa shape index (κ3) is 5.54. The van der Waals surface area contributed by atoms with Crippen LogP contribution in [0.2, 0.25) is 0 Å². The molecular weight excluding hydrogens is 436 g/mol. The first-order valence-corrected chi connectivity index (χ1v) is 9.21. The number of benzene rings is 3. The van der Waals surface area contributed by atoms with Crippen molar-refractivity contribution in [2.24, 2.45) is 0 Å². The zero-order valence-electron chi connectivity index (χ0n) is 16.2. The molecule has 1 amide bonds. The summed E-state index contributed by atoms with van der Waals surface area (Å²) in [7, 11) is 0. The molecule has 0 heterocycles. The summed E-state index contributed by atoms with van der Waals surface area (Å²) in [5.41, 5.74) is -2.40. The van der Waals surface area contributed by atoms with E-state index >= 15 is 0 Å². The molecule has 0 atom stereocenters. The smallest absolute Gasteiger partial charge is 0.348 e. The van der Waals surface area contributed by atoms with E-state index < -0.39 is 35.9 Å². The average Bonchev–Trinajstić information content (AvgIpc) is 2.76. The first kappa shape index (κ1) is 23.1. The number of carbonyl (C=O) groups excluding carboxylic acids is 2. The maximum atomic E-state index is 12.9. The monoisotopic (exact) mass is 451 g/mol. The molecule has 1 N–H and O–H groups in total. The molecular formula is C23H15F6NO2. The molecule has 0 bridgehead atoms. The number of alkyl halides is 6. The van der Waals surface area contributed by atoms with Gasteiger partial charge in [0.25, 0.3) is 5.91 Å². The van der Waals surface area contributed by atoms with Crippen LogP contribution in [0.25, 0.3) is 0 Å². The quantitative estimate of drug-likeness (QED) is 0.389. The van der Waals surface area contributed by atoms with Crippen molar-refractivity contribution in [2.45, 2.75) is 18.9 Å². The molecule has 166 valence electrons. The number of carbonyl (C=O) groups is 2. The van der Waals surface area contributed by atoms with E-state index in [0.29, 0.717) is 23.3 Å². The second-order valence-electron chi connectivity index (χ2n) is 6.87. The van der Waals surface area contributed by atoms with Crippen molar-refractivity contribution in [2.75, 3.05) is 0 Å². The van der Waals surface area contributed by atoms with Crippen molar-refractivity contribution in [3.8, 4) is 0 Å². The third-order valence-corrected chi connectivity index (χ3v) is 4.55. The predicted molar refractivity (Wildman–Crippen MR) is 104 cm³/mol. The van der Waals surface area contributed by atoms with E-state index in [0.717, 1.165) is 0 Å². The summed E-state index contributed by atoms with van der Waals surface area (Å²) in [5.74, 6) is -0.976. The van der Waals surface area contributed by atoms with Gasteiger partial charge in [0, 0.05) is 23.2 Å². The third-order valence-electron chi connectivity index (χ3n) is 4.55. The number of nitrogens with one attached hydrogen (secondary N) is 1. The highest BCUT2D eigenvalue weighted by Crippen LogP contribution is 2.36. The normalized spacial score (nSPS) is 11.8. The Morgan fingerprint density at radius 3 is 1.62 bits per heavy atom. The number of halogens is 6. The lowest BCUT2D eigenvalue weighted by molar-refractivity contribution is -0.143. The fraction of sp³-hybridized carbons (Fsp3) is 0.130. The fourth-order valence-corrected chi connectivity index (χ4v) is 2.93. The van der Waals surface area contributed by atoms with Crippen molar-refractivity contribution in [1.82, 2.24) is 5.32 Å². The summed E-state index contributed by atoms with van der Waals surface area (Å²) in [4.78, 5) is 24.7. The van der Waals surface area contributed by atoms with Crippen molar-refractivity contribution < 1.29 is 35.9 Å². The first-order chi connectivity index (χ1) is 14.9. The van der Waals surface area contributed by atoms with Crippen LogP contribution in [-0.4, -0.2) is 11.7 Å². The number of hydrogen-bond acceptors (Lipinski definition) is 2. The predicted octanol–water partition coefficient (Wildman–Crippen LogP) is 5.89. The molecule has 9 heteroatoms. The second kappa shape index (κ2) is 8.86. The summed E-state index contributed by atoms with van der Waals surface area (Å²) >= 11 is 0. The van der Waals surface area contributed by atoms with Gasteiger partial charge in [0.1, 0.15) is 0 Å². The van der Waals surface area contributed by atoms with E-state index in [1.807, 2.05) is 0 Å². The molecule has 3 rings (SSSR count). The van der Waals surface area contributed by atoms with E-state index in [-0.39, 0.29) is 23.0 Å². The van der Waals surface area contributed by atoms with Gasteiger partial charge in [-0.3, -0.25) is 9.59 Å². The Morgan fingerprint density at radius 2 is 1.12 bits per heavy atom. The van der Waals surface area contributed by atoms with E-state index in [1.54, 1.807) is 30.3 Å². The molecule has 0 unspecified atom stereocenters. The lowest BCUT2D eigenvalue weighted by Gasteiger charge is -2.14. The van der Waals surface area contributed by atoms with Crippen LogP contribution >= 0.6 is 0 Å². The molecule has 0 aliphatic heterocycles. The minimum Gasteiger partial charge on any atom is -0.348 e. The Morgan fingerprint density at radius 1 is 0.656 bits per heavy atom. The molecule has 0 aliphatic carbocycles. The SMILES string of the molecule is O=C(NCc1cc(C(F)(F)F)cc(C(F)(F)F)c1)c1ccc(C(=O)c2ccccc2)cc1. The molecule has 32 heavy (non-hydrogen) atoms. The molecule has 0 saturated carbocycles. The Labute approximate surface area is 178 Å². The molecule has 0 saturated heterocycles. The standard InChI is InChI=1S/C23H15F6NO2/c24-22(25,26)18-10-14(11-19(12-18)23(27,28)29)13-30-21(32)17-8-6-16(7-9-17)20(31)15-4-2-1-3-5-15/h1-12H,13H2,(H,30,32). The van der Waals surface area contributed by atoms with Crippen molar-refractivity contribution in [3.05, 3.63) is 106 Å². The molecule has 0 radical (unpaired) electrons. The van der Waals surface area contributed by atoms with E-state index in [2.05, 4.69) is 5.32 Å². The van der Waals surface area contributed by atoms with E-state index in [9.17, 15) is 35.9 Å². The average molecular weight is 451 g/mol. The largest absolute Gasteiger partial charge is 0.416 e. The van der Waals surface area contributed by atoms with Gasteiger partial charge in [-0.1, -0.05) is 42.5 Å². The van der Waals surface area contributed by atoms with E-state index in [1.165, 1.54) is 24.3 Å². The Balaban J connectivity index is 1.74. The van der Waals surface area contributed by atoms with Crippen molar-refractivity contribution in [1.29, 1.82) is 0 Å². The highest BCUT2D eigenvalue weighted by molar-refractivity contribution is 6.09. The number of ketones is 1. The fourth-order valence-electron chi connectivity index (χ4n) is 2.93. The molecule has 0 aliphatic rings. The van der Waals surface area contributed by atoms with Gasteiger partial charge >= 0.3 is 12.4 Å². The molecule has 3 nitrogen and oxygen atoms in total. The first-order valence-electron chi connectivity index (χ1n) is 9.21. The molecule has 3 aromatic carbocycles. The summed E-state index contributed by atoms with van der Waals surface area (Å²) in [6.45, 7) is -0.545. The molecule has 0 aromatic heterocycles. The van der Waals surface area contributed by atoms with E-state index in [4.69, 9.17) is 0 Å². The maximum Gasteiger partial charge on any atom is 0.416 e. The summed E-state index contributed by atoms with van der Waals surface area (Å²) in [6, 6.07) is 15.1. The summed E-state index contributed by atoms with van der Waals surface area (Å²) in [5, 5.41) is 2.29. The van der Waals surface area contributed by atoms with Crippen LogP contribution in [0.15, 0.2) is 72.8 Å². The summed E-state index contributed by atoms with van der Waals surface area (Å²) < 4.78 is 77.7. The van der Waals surface area contributed by atoms with Crippen LogP contribution in [0.1, 0.15) is 43.0 Å². The van der Waals surface area contributed by atoms with Gasteiger partial charge in [0.15, 0.2) is 5.78 Å². The van der Waals surface area contributed by atoms with Gasteiger partial charge in [0.2, 0.25) is 0 Å². The number of hydrogen-bond donors (Lipinski definition) is 1. The van der Waals surface area contributed by atoms with Gasteiger partial charge in [-0.15, -0.1) is 0 Å². The van der Waals surface area contributed by atoms with Crippen LogP contribution in [0.5, 0.6) is 0 Å². The second-order valence-corrected chi connectivity index (χ2v) is 6.87. The highest BCUT2D eigenvalue weighted by atomic mass is 19.4. The van der Waals surface area contributed by atoms with Crippen molar-refractivity contribution >= 4 is 11.7 Å². The Bertz CT molecular complexity index is 1090. The Hall–Kier alpha value is -3.62. The zero-order valence-corrected chi connectivity index (χ0v) is 16.2. The van der Waals surface area contributed by atoms with Crippen LogP contribution in [-0.2, 0) is 18.9 Å². The Kier molecular flexibility index (Phi) is 6.38. The minimum atomic E-state index is -4.97. The topological polar surface area (TPSA) is 46.2 Å². The number of rotatable bonds is 5. The number of amides is 1. The van der Waals surface area contributed by atoms with Crippen LogP contribution in [0.4, 0.5) is 26.3 Å². The zero-order chi connectivity index (χ0) is 23.5. The van der Waals surface area contributed by atoms with Gasteiger partial charge in [0.05, 0.1) is 11.1 Å². The van der Waals surface area contributed by atoms with Gasteiger partial charge in [-0.2, -0.15) is 26.3 Å². The van der Waals surface area contributed by atoms with Crippen LogP contribution in [0, 0.1) is 0 Å². The van der Waals surface area contributed by atoms with Gasteiger partial charge in [-0.05, 0) is 35.9 Å². The minimum absolute atomic E-state index is 0.0216. The highest BCUT2D eigenvalue weighted by Gasteiger charge is 2.36. The van der Waals surface area contributed by atoms with Crippen molar-refractivity contribution in [3.63, 3.8) is 0 Å². The van der Waals surface area contributed by atoms with Crippen LogP contribution < -0.4 is 5.32 Å². The van der Waals surface area contributed by atoms with Crippen LogP contribution in [0.3, 0.4) is 0 Å². The lowest BCUT2D eigenvalue weighted by atomic mass is 10.0. The maximum absolute atomic E-state index is 12.9. The van der Waals surface area contributed by atoms with Gasteiger partial charge in [-0.25, -0.2) is 0 Å². The molecule has 0 spiro atoms. The molecule has 3 aromatic rings.